The van der Waals surface area contributed by atoms with Gasteiger partial charge in [0.05, 0.1) is 10.5 Å². The first-order chi connectivity index (χ1) is 19.7. The Bertz CT molecular complexity index is 1730. The zero-order valence-corrected chi connectivity index (χ0v) is 23.2. The zero-order chi connectivity index (χ0) is 29.1. The van der Waals surface area contributed by atoms with Crippen LogP contribution in [-0.4, -0.2) is 39.6 Å². The standard InChI is InChI=1S/C32H26N2O6S/c1-19-7-13-24(15-20(19)2)33-29(35)17-34-30(36)28(41-32(34)39)16-26-25-6-4-3-5-22(25)12-14-27(26)40-18-21-8-10-23(11-9-21)31(37)38/h3-16H,17-18H2,1-2H3,(H,33,35)(H,37,38)/b28-16+. The summed E-state index contributed by atoms with van der Waals surface area (Å²) in [6, 6.07) is 23.2. The van der Waals surface area contributed by atoms with Crippen molar-refractivity contribution in [2.75, 3.05) is 11.9 Å². The molecule has 0 bridgehead atoms. The number of thioether (sulfide) groups is 1. The van der Waals surface area contributed by atoms with Gasteiger partial charge in [-0.05, 0) is 89.5 Å². The number of ether oxygens (including phenoxy) is 1. The molecule has 5 rings (SSSR count). The molecule has 0 aliphatic carbocycles. The summed E-state index contributed by atoms with van der Waals surface area (Å²) in [6.07, 6.45) is 1.62. The second-order valence-electron chi connectivity index (χ2n) is 9.60. The number of carbonyl (C=O) groups excluding carboxylic acids is 3. The average molecular weight is 567 g/mol. The first kappa shape index (κ1) is 27.7. The Morgan fingerprint density at radius 2 is 1.71 bits per heavy atom. The number of anilines is 1. The molecule has 0 unspecified atom stereocenters. The molecular formula is C32H26N2O6S. The Labute approximate surface area is 240 Å². The van der Waals surface area contributed by atoms with Gasteiger partial charge in [-0.15, -0.1) is 0 Å². The molecule has 1 saturated heterocycles. The molecule has 4 aromatic rings. The number of fused-ring (bicyclic) bond motifs is 1. The number of hydrogen-bond acceptors (Lipinski definition) is 6. The van der Waals surface area contributed by atoms with E-state index in [0.29, 0.717) is 17.0 Å². The largest absolute Gasteiger partial charge is 0.488 e. The molecule has 2 N–H and O–H groups in total. The van der Waals surface area contributed by atoms with Gasteiger partial charge in [0, 0.05) is 11.3 Å². The first-order valence-electron chi connectivity index (χ1n) is 12.8. The van der Waals surface area contributed by atoms with Crippen LogP contribution in [0.2, 0.25) is 0 Å². The summed E-state index contributed by atoms with van der Waals surface area (Å²) in [4.78, 5) is 51.0. The Hall–Kier alpha value is -4.89. The van der Waals surface area contributed by atoms with Crippen LogP contribution in [0.15, 0.2) is 83.8 Å². The van der Waals surface area contributed by atoms with Crippen LogP contribution in [0.4, 0.5) is 10.5 Å². The summed E-state index contributed by atoms with van der Waals surface area (Å²) < 4.78 is 6.10. The Morgan fingerprint density at radius 1 is 0.951 bits per heavy atom. The second kappa shape index (κ2) is 11.7. The molecule has 0 radical (unpaired) electrons. The Morgan fingerprint density at radius 3 is 2.44 bits per heavy atom. The van der Waals surface area contributed by atoms with Crippen molar-refractivity contribution in [3.05, 3.63) is 112 Å². The van der Waals surface area contributed by atoms with Crippen molar-refractivity contribution < 1.29 is 29.0 Å². The minimum absolute atomic E-state index is 0.166. The number of benzene rings is 4. The number of aryl methyl sites for hydroxylation is 2. The maximum atomic E-state index is 13.3. The van der Waals surface area contributed by atoms with Gasteiger partial charge in [0.15, 0.2) is 0 Å². The van der Waals surface area contributed by atoms with Crippen LogP contribution in [0.5, 0.6) is 5.75 Å². The fraction of sp³-hybridized carbons (Fsp3) is 0.125. The lowest BCUT2D eigenvalue weighted by Gasteiger charge is -2.14. The van der Waals surface area contributed by atoms with E-state index in [9.17, 15) is 19.2 Å². The summed E-state index contributed by atoms with van der Waals surface area (Å²) >= 11 is 0.773. The SMILES string of the molecule is Cc1ccc(NC(=O)CN2C(=O)S/C(=C/c3c(OCc4ccc(C(=O)O)cc4)ccc4ccccc34)C2=O)cc1C. The third kappa shape index (κ3) is 6.15. The molecule has 1 aliphatic rings. The maximum absolute atomic E-state index is 13.3. The molecular weight excluding hydrogens is 540 g/mol. The number of carboxylic acids is 1. The van der Waals surface area contributed by atoms with Gasteiger partial charge in [0.2, 0.25) is 5.91 Å². The van der Waals surface area contributed by atoms with Crippen molar-refractivity contribution in [2.45, 2.75) is 20.5 Å². The predicted molar refractivity (Wildman–Crippen MR) is 159 cm³/mol. The smallest absolute Gasteiger partial charge is 0.335 e. The van der Waals surface area contributed by atoms with Gasteiger partial charge < -0.3 is 15.2 Å². The highest BCUT2D eigenvalue weighted by Crippen LogP contribution is 2.37. The topological polar surface area (TPSA) is 113 Å². The van der Waals surface area contributed by atoms with E-state index >= 15 is 0 Å². The molecule has 1 heterocycles. The van der Waals surface area contributed by atoms with E-state index in [4.69, 9.17) is 9.84 Å². The normalized spacial score (nSPS) is 14.1. The zero-order valence-electron chi connectivity index (χ0n) is 22.3. The lowest BCUT2D eigenvalue weighted by molar-refractivity contribution is -0.127. The summed E-state index contributed by atoms with van der Waals surface area (Å²) in [5, 5.41) is 13.1. The van der Waals surface area contributed by atoms with Crippen LogP contribution in [0.25, 0.3) is 16.8 Å². The molecule has 8 nitrogen and oxygen atoms in total. The fourth-order valence-electron chi connectivity index (χ4n) is 4.39. The molecule has 1 aliphatic heterocycles. The van der Waals surface area contributed by atoms with E-state index in [0.717, 1.165) is 44.1 Å². The lowest BCUT2D eigenvalue weighted by atomic mass is 10.0. The maximum Gasteiger partial charge on any atom is 0.335 e. The van der Waals surface area contributed by atoms with Crippen molar-refractivity contribution in [2.24, 2.45) is 0 Å². The number of carboxylic acid groups (broad SMARTS) is 1. The van der Waals surface area contributed by atoms with Crippen molar-refractivity contribution in [3.63, 3.8) is 0 Å². The van der Waals surface area contributed by atoms with Crippen LogP contribution < -0.4 is 10.1 Å². The first-order valence-corrected chi connectivity index (χ1v) is 13.6. The quantitative estimate of drug-likeness (QED) is 0.237. The third-order valence-corrected chi connectivity index (χ3v) is 7.67. The van der Waals surface area contributed by atoms with Crippen molar-refractivity contribution >= 4 is 57.3 Å². The summed E-state index contributed by atoms with van der Waals surface area (Å²) in [5.74, 6) is -1.55. The van der Waals surface area contributed by atoms with Crippen LogP contribution in [-0.2, 0) is 16.2 Å². The number of hydrogen-bond donors (Lipinski definition) is 2. The van der Waals surface area contributed by atoms with Gasteiger partial charge in [-0.3, -0.25) is 19.3 Å². The van der Waals surface area contributed by atoms with Crippen LogP contribution >= 0.6 is 11.8 Å². The second-order valence-corrected chi connectivity index (χ2v) is 10.6. The van der Waals surface area contributed by atoms with E-state index in [1.165, 1.54) is 12.1 Å². The molecule has 1 fully saturated rings. The highest BCUT2D eigenvalue weighted by Gasteiger charge is 2.36. The number of aromatic carboxylic acids is 1. The molecule has 206 valence electrons. The van der Waals surface area contributed by atoms with Crippen molar-refractivity contribution in [3.8, 4) is 5.75 Å². The van der Waals surface area contributed by atoms with Crippen LogP contribution in [0.3, 0.4) is 0 Å². The van der Waals surface area contributed by atoms with E-state index < -0.39 is 29.6 Å². The molecule has 41 heavy (non-hydrogen) atoms. The highest BCUT2D eigenvalue weighted by molar-refractivity contribution is 8.18. The number of nitrogens with one attached hydrogen (secondary N) is 1. The number of rotatable bonds is 8. The van der Waals surface area contributed by atoms with E-state index in [1.807, 2.05) is 56.3 Å². The molecule has 4 aromatic carbocycles. The Kier molecular flexibility index (Phi) is 7.89. The third-order valence-electron chi connectivity index (χ3n) is 6.77. The minimum Gasteiger partial charge on any atom is -0.488 e. The van der Waals surface area contributed by atoms with Crippen molar-refractivity contribution in [1.29, 1.82) is 0 Å². The molecule has 9 heteroatoms. The number of amides is 3. The average Bonchev–Trinajstić information content (AvgIpc) is 3.22. The molecule has 0 aromatic heterocycles. The molecule has 0 saturated carbocycles. The van der Waals surface area contributed by atoms with Gasteiger partial charge in [-0.25, -0.2) is 4.79 Å². The lowest BCUT2D eigenvalue weighted by Crippen LogP contribution is -2.36. The predicted octanol–water partition coefficient (Wildman–Crippen LogP) is 6.41. The van der Waals surface area contributed by atoms with Crippen LogP contribution in [0, 0.1) is 13.8 Å². The number of carbonyl (C=O) groups is 4. The van der Waals surface area contributed by atoms with Gasteiger partial charge in [0.25, 0.3) is 11.1 Å². The summed E-state index contributed by atoms with van der Waals surface area (Å²) in [6.45, 7) is 3.67. The molecule has 3 amide bonds. The van der Waals surface area contributed by atoms with Gasteiger partial charge in [0.1, 0.15) is 18.9 Å². The highest BCUT2D eigenvalue weighted by atomic mass is 32.2. The number of nitrogens with zero attached hydrogens (tertiary/aromatic N) is 1. The fourth-order valence-corrected chi connectivity index (χ4v) is 5.21. The minimum atomic E-state index is -1.01. The summed E-state index contributed by atoms with van der Waals surface area (Å²) in [7, 11) is 0. The molecule has 0 atom stereocenters. The Balaban J connectivity index is 1.38. The van der Waals surface area contributed by atoms with E-state index in [-0.39, 0.29) is 17.1 Å². The van der Waals surface area contributed by atoms with Crippen LogP contribution in [0.1, 0.15) is 32.6 Å². The van der Waals surface area contributed by atoms with Gasteiger partial charge in [-0.2, -0.15) is 0 Å². The van der Waals surface area contributed by atoms with E-state index in [1.54, 1.807) is 30.3 Å². The number of imide groups is 1. The van der Waals surface area contributed by atoms with Gasteiger partial charge >= 0.3 is 5.97 Å². The summed E-state index contributed by atoms with van der Waals surface area (Å²) in [5.41, 5.74) is 4.27. The van der Waals surface area contributed by atoms with Crippen molar-refractivity contribution in [1.82, 2.24) is 4.90 Å². The monoisotopic (exact) mass is 566 g/mol. The molecule has 0 spiro atoms. The van der Waals surface area contributed by atoms with E-state index in [2.05, 4.69) is 5.32 Å². The van der Waals surface area contributed by atoms with Gasteiger partial charge in [-0.1, -0.05) is 48.5 Å².